The minimum Gasteiger partial charge on any atom is -0.504 e. The first-order valence-electron chi connectivity index (χ1n) is 10.1. The van der Waals surface area contributed by atoms with Crippen LogP contribution in [0.3, 0.4) is 0 Å². The summed E-state index contributed by atoms with van der Waals surface area (Å²) in [7, 11) is 0. The minimum absolute atomic E-state index is 0.0274. The van der Waals surface area contributed by atoms with Crippen molar-refractivity contribution < 1.29 is 10.2 Å². The average Bonchev–Trinajstić information content (AvgIpc) is 2.77. The van der Waals surface area contributed by atoms with Crippen molar-refractivity contribution in [2.45, 2.75) is 0 Å². The summed E-state index contributed by atoms with van der Waals surface area (Å²) in [5.41, 5.74) is 0. The Morgan fingerprint density at radius 3 is 1.03 bits per heavy atom. The van der Waals surface area contributed by atoms with Gasteiger partial charge in [-0.25, -0.2) is 0 Å². The van der Waals surface area contributed by atoms with Gasteiger partial charge in [0, 0.05) is 10.8 Å². The molecule has 0 aliphatic rings. The van der Waals surface area contributed by atoms with E-state index in [9.17, 15) is 10.2 Å². The Labute approximate surface area is 171 Å². The number of hydrogen-bond donors (Lipinski definition) is 2. The van der Waals surface area contributed by atoms with Crippen LogP contribution in [0.1, 0.15) is 0 Å². The molecule has 0 heterocycles. The van der Waals surface area contributed by atoms with Crippen LogP contribution >= 0.6 is 0 Å². The molecule has 0 aliphatic carbocycles. The Morgan fingerprint density at radius 1 is 0.367 bits per heavy atom. The summed E-state index contributed by atoms with van der Waals surface area (Å²) < 4.78 is 0. The van der Waals surface area contributed by atoms with Crippen LogP contribution < -0.4 is 0 Å². The number of aromatic hydroxyl groups is 2. The molecule has 0 saturated carbocycles. The molecule has 0 amide bonds. The molecule has 8 rings (SSSR count). The van der Waals surface area contributed by atoms with Gasteiger partial charge in [-0.15, -0.1) is 0 Å². The van der Waals surface area contributed by atoms with Crippen molar-refractivity contribution in [1.29, 1.82) is 0 Å². The number of phenols is 4. The number of phenolic OH excluding ortho intramolecular Hbond substituents is 2. The van der Waals surface area contributed by atoms with Crippen molar-refractivity contribution in [3.05, 3.63) is 84.9 Å². The zero-order valence-electron chi connectivity index (χ0n) is 16.0. The molecule has 8 aromatic carbocycles. The lowest BCUT2D eigenvalue weighted by Gasteiger charge is -2.18. The molecule has 0 atom stereocenters. The lowest BCUT2D eigenvalue weighted by molar-refractivity contribution is 0.412. The highest BCUT2D eigenvalue weighted by Gasteiger charge is 2.22. The SMILES string of the molecule is Oc1c(O)c2c3cc4ccccc4cc3c1c1cc3cc4ccccc4cc3cc12. The predicted octanol–water partition coefficient (Wildman–Crippen LogP) is 7.45. The van der Waals surface area contributed by atoms with Crippen LogP contribution in [0.15, 0.2) is 84.9 Å². The summed E-state index contributed by atoms with van der Waals surface area (Å²) in [5, 5.41) is 33.9. The summed E-state index contributed by atoms with van der Waals surface area (Å²) in [4.78, 5) is 0. The number of hydrogen-bond acceptors (Lipinski definition) is 2. The van der Waals surface area contributed by atoms with Crippen LogP contribution in [0.25, 0.3) is 64.6 Å². The van der Waals surface area contributed by atoms with Crippen molar-refractivity contribution in [3.8, 4) is 11.5 Å². The number of fused-ring (bicyclic) bond motifs is 4. The Balaban J connectivity index is 1.75. The fourth-order valence-electron chi connectivity index (χ4n) is 5.10. The third kappa shape index (κ3) is 1.88. The van der Waals surface area contributed by atoms with E-state index in [-0.39, 0.29) is 11.5 Å². The molecule has 0 aliphatic heterocycles. The van der Waals surface area contributed by atoms with Gasteiger partial charge in [-0.1, -0.05) is 48.5 Å². The first-order valence-corrected chi connectivity index (χ1v) is 10.1. The first-order chi connectivity index (χ1) is 14.7. The summed E-state index contributed by atoms with van der Waals surface area (Å²) in [6.45, 7) is 0. The van der Waals surface area contributed by atoms with Gasteiger partial charge in [0.15, 0.2) is 11.5 Å². The molecule has 30 heavy (non-hydrogen) atoms. The van der Waals surface area contributed by atoms with E-state index < -0.39 is 0 Å². The van der Waals surface area contributed by atoms with Crippen molar-refractivity contribution in [1.82, 2.24) is 0 Å². The molecule has 0 radical (unpaired) electrons. The lowest BCUT2D eigenvalue weighted by Crippen LogP contribution is -1.90. The number of rotatable bonds is 0. The minimum atomic E-state index is -0.0274. The van der Waals surface area contributed by atoms with Crippen LogP contribution in [-0.4, -0.2) is 10.2 Å². The summed E-state index contributed by atoms with van der Waals surface area (Å²) >= 11 is 0. The van der Waals surface area contributed by atoms with Gasteiger partial charge in [-0.05, 0) is 90.3 Å². The summed E-state index contributed by atoms with van der Waals surface area (Å²) in [6, 6.07) is 29.5. The topological polar surface area (TPSA) is 40.5 Å². The quantitative estimate of drug-likeness (QED) is 0.210. The van der Waals surface area contributed by atoms with Crippen molar-refractivity contribution in [3.63, 3.8) is 0 Å². The molecule has 2 N–H and O–H groups in total. The molecule has 8 aromatic rings. The maximum Gasteiger partial charge on any atom is 0.166 e. The fraction of sp³-hybridized carbons (Fsp3) is 0. The second-order valence-corrected chi connectivity index (χ2v) is 8.14. The zero-order chi connectivity index (χ0) is 20.0. The van der Waals surface area contributed by atoms with Crippen molar-refractivity contribution in [2.24, 2.45) is 0 Å². The Morgan fingerprint density at radius 2 is 0.667 bits per heavy atom. The van der Waals surface area contributed by atoms with Gasteiger partial charge >= 0.3 is 0 Å². The van der Waals surface area contributed by atoms with Gasteiger partial charge in [0.05, 0.1) is 0 Å². The smallest absolute Gasteiger partial charge is 0.166 e. The van der Waals surface area contributed by atoms with E-state index >= 15 is 0 Å². The van der Waals surface area contributed by atoms with Crippen LogP contribution in [-0.2, 0) is 0 Å². The predicted molar refractivity (Wildman–Crippen MR) is 126 cm³/mol. The largest absolute Gasteiger partial charge is 0.504 e. The Bertz CT molecular complexity index is 1680. The highest BCUT2D eigenvalue weighted by Crippen LogP contribution is 2.51. The van der Waals surface area contributed by atoms with Gasteiger partial charge in [0.25, 0.3) is 0 Å². The van der Waals surface area contributed by atoms with Crippen LogP contribution in [0.2, 0.25) is 0 Å². The molecule has 0 spiro atoms. The van der Waals surface area contributed by atoms with Crippen LogP contribution in [0.4, 0.5) is 0 Å². The highest BCUT2D eigenvalue weighted by atomic mass is 16.3. The molecule has 0 unspecified atom stereocenters. The zero-order valence-corrected chi connectivity index (χ0v) is 16.0. The first kappa shape index (κ1) is 15.8. The second kappa shape index (κ2) is 5.31. The number of benzene rings is 8. The Kier molecular flexibility index (Phi) is 2.80. The maximum absolute atomic E-state index is 10.8. The maximum atomic E-state index is 10.8. The third-order valence-electron chi connectivity index (χ3n) is 6.50. The van der Waals surface area contributed by atoms with E-state index in [0.29, 0.717) is 10.8 Å². The molecule has 0 saturated heterocycles. The molecule has 0 fully saturated rings. The van der Waals surface area contributed by atoms with E-state index in [1.807, 2.05) is 24.3 Å². The third-order valence-corrected chi connectivity index (χ3v) is 6.50. The monoisotopic (exact) mass is 384 g/mol. The molecule has 140 valence electrons. The van der Waals surface area contributed by atoms with Crippen molar-refractivity contribution in [2.75, 3.05) is 0 Å². The van der Waals surface area contributed by atoms with E-state index in [2.05, 4.69) is 60.7 Å². The van der Waals surface area contributed by atoms with Gasteiger partial charge in [0.1, 0.15) is 0 Å². The second-order valence-electron chi connectivity index (χ2n) is 8.14. The van der Waals surface area contributed by atoms with E-state index in [0.717, 1.165) is 43.1 Å². The van der Waals surface area contributed by atoms with E-state index in [1.165, 1.54) is 10.8 Å². The highest BCUT2D eigenvalue weighted by molar-refractivity contribution is 6.34. The molecular formula is C28H16O2. The fourth-order valence-corrected chi connectivity index (χ4v) is 5.10. The summed E-state index contributed by atoms with van der Waals surface area (Å²) in [6.07, 6.45) is 0. The van der Waals surface area contributed by atoms with Crippen molar-refractivity contribution >= 4 is 64.6 Å². The standard InChI is InChI=1S/C28H16O2/c29-27-25-21-11-17-7-3-4-8-18(17)12-22(21)26(28(27)30)24-14-20-10-16-6-2-1-5-15(16)9-19(20)13-23(24)25/h1-14,29-30H. The van der Waals surface area contributed by atoms with Gasteiger partial charge in [0.2, 0.25) is 0 Å². The molecule has 0 aromatic heterocycles. The average molecular weight is 384 g/mol. The molecule has 2 heteroatoms. The van der Waals surface area contributed by atoms with Gasteiger partial charge in [-0.2, -0.15) is 0 Å². The Hall–Kier alpha value is -4.04. The van der Waals surface area contributed by atoms with E-state index in [4.69, 9.17) is 0 Å². The molecule has 2 nitrogen and oxygen atoms in total. The summed E-state index contributed by atoms with van der Waals surface area (Å²) in [5.74, 6) is -0.0548. The molecule has 2 bridgehead atoms. The molecular weight excluding hydrogens is 368 g/mol. The van der Waals surface area contributed by atoms with E-state index in [1.54, 1.807) is 0 Å². The normalized spacial score (nSPS) is 12.3. The van der Waals surface area contributed by atoms with Gasteiger partial charge in [-0.3, -0.25) is 0 Å². The lowest BCUT2D eigenvalue weighted by atomic mass is 9.87. The van der Waals surface area contributed by atoms with Gasteiger partial charge < -0.3 is 10.2 Å². The van der Waals surface area contributed by atoms with Crippen LogP contribution in [0.5, 0.6) is 11.5 Å². The van der Waals surface area contributed by atoms with Crippen LogP contribution in [0, 0.1) is 0 Å².